The number of ether oxygens (including phenoxy) is 5. The normalized spacial score (nSPS) is 10.4. The summed E-state index contributed by atoms with van der Waals surface area (Å²) in [5.41, 5.74) is 2.55. The zero-order valence-corrected chi connectivity index (χ0v) is 18.8. The van der Waals surface area contributed by atoms with Gasteiger partial charge in [0.05, 0.1) is 28.4 Å². The van der Waals surface area contributed by atoms with Crippen LogP contribution in [0, 0.1) is 0 Å². The highest BCUT2D eigenvalue weighted by molar-refractivity contribution is 5.96. The molecular weight excluding hydrogens is 408 g/mol. The summed E-state index contributed by atoms with van der Waals surface area (Å²) in [6.07, 6.45) is 0.857. The lowest BCUT2D eigenvalue weighted by Crippen LogP contribution is -2.04. The van der Waals surface area contributed by atoms with Gasteiger partial charge in [0.2, 0.25) is 5.75 Å². The van der Waals surface area contributed by atoms with Crippen molar-refractivity contribution >= 4 is 5.78 Å². The van der Waals surface area contributed by atoms with Crippen molar-refractivity contribution in [1.82, 2.24) is 0 Å². The van der Waals surface area contributed by atoms with E-state index in [0.29, 0.717) is 53.8 Å². The van der Waals surface area contributed by atoms with Gasteiger partial charge in [-0.2, -0.15) is 0 Å². The molecule has 0 spiro atoms. The van der Waals surface area contributed by atoms with Crippen molar-refractivity contribution < 1.29 is 28.5 Å². The van der Waals surface area contributed by atoms with Crippen LogP contribution in [0.3, 0.4) is 0 Å². The number of rotatable bonds is 11. The fourth-order valence-electron chi connectivity index (χ4n) is 3.38. The molecule has 0 heterocycles. The highest BCUT2D eigenvalue weighted by atomic mass is 16.5. The van der Waals surface area contributed by atoms with Crippen LogP contribution in [-0.4, -0.2) is 34.2 Å². The molecule has 0 N–H and O–H groups in total. The van der Waals surface area contributed by atoms with Crippen molar-refractivity contribution in [2.24, 2.45) is 0 Å². The van der Waals surface area contributed by atoms with Gasteiger partial charge < -0.3 is 23.7 Å². The molecule has 0 aliphatic rings. The first kappa shape index (κ1) is 23.0. The Kier molecular flexibility index (Phi) is 7.97. The second-order valence-corrected chi connectivity index (χ2v) is 7.10. The van der Waals surface area contributed by atoms with Crippen LogP contribution in [0.1, 0.15) is 27.9 Å². The van der Waals surface area contributed by atoms with Crippen LogP contribution in [0.2, 0.25) is 0 Å². The van der Waals surface area contributed by atoms with Gasteiger partial charge in [0.15, 0.2) is 28.8 Å². The molecule has 6 nitrogen and oxygen atoms in total. The molecule has 3 rings (SSSR count). The van der Waals surface area contributed by atoms with E-state index < -0.39 is 0 Å². The zero-order chi connectivity index (χ0) is 22.9. The summed E-state index contributed by atoms with van der Waals surface area (Å²) >= 11 is 0. The third-order valence-electron chi connectivity index (χ3n) is 5.09. The van der Waals surface area contributed by atoms with Gasteiger partial charge in [-0.05, 0) is 47.9 Å². The van der Waals surface area contributed by atoms with Crippen molar-refractivity contribution in [3.8, 4) is 28.7 Å². The van der Waals surface area contributed by atoms with E-state index in [1.165, 1.54) is 0 Å². The number of Topliss-reactive ketones (excluding diaryl/α,β-unsaturated/α-hetero) is 1. The Morgan fingerprint density at radius 1 is 0.688 bits per heavy atom. The van der Waals surface area contributed by atoms with Crippen molar-refractivity contribution in [1.29, 1.82) is 0 Å². The lowest BCUT2D eigenvalue weighted by atomic mass is 10.0. The minimum absolute atomic E-state index is 0.00617. The second kappa shape index (κ2) is 11.1. The van der Waals surface area contributed by atoms with Crippen molar-refractivity contribution in [3.63, 3.8) is 0 Å². The SMILES string of the molecule is COc1cc(C(=O)CCc2cc(OC)c(OC)c(OC)c2)ccc1OCc1ccccc1. The van der Waals surface area contributed by atoms with Gasteiger partial charge in [0.1, 0.15) is 6.61 Å². The minimum atomic E-state index is 0.00617. The maximum atomic E-state index is 12.8. The van der Waals surface area contributed by atoms with Gasteiger partial charge in [-0.3, -0.25) is 4.79 Å². The van der Waals surface area contributed by atoms with Gasteiger partial charge in [0, 0.05) is 12.0 Å². The summed E-state index contributed by atoms with van der Waals surface area (Å²) in [6, 6.07) is 18.8. The maximum Gasteiger partial charge on any atom is 0.203 e. The summed E-state index contributed by atoms with van der Waals surface area (Å²) in [6.45, 7) is 0.422. The van der Waals surface area contributed by atoms with Crippen LogP contribution in [0.15, 0.2) is 60.7 Å². The number of carbonyl (C=O) groups is 1. The largest absolute Gasteiger partial charge is 0.493 e. The number of hydrogen-bond acceptors (Lipinski definition) is 6. The lowest BCUT2D eigenvalue weighted by Gasteiger charge is -2.14. The molecule has 3 aromatic rings. The van der Waals surface area contributed by atoms with Crippen LogP contribution in [-0.2, 0) is 13.0 Å². The van der Waals surface area contributed by atoms with E-state index in [2.05, 4.69) is 0 Å². The first-order chi connectivity index (χ1) is 15.6. The van der Waals surface area contributed by atoms with Gasteiger partial charge >= 0.3 is 0 Å². The Bertz CT molecular complexity index is 1020. The Hall–Kier alpha value is -3.67. The third kappa shape index (κ3) is 5.52. The first-order valence-electron chi connectivity index (χ1n) is 10.3. The molecule has 0 saturated heterocycles. The number of carbonyl (C=O) groups excluding carboxylic acids is 1. The zero-order valence-electron chi connectivity index (χ0n) is 18.8. The fourth-order valence-corrected chi connectivity index (χ4v) is 3.38. The molecule has 0 fully saturated rings. The Labute approximate surface area is 188 Å². The summed E-state index contributed by atoms with van der Waals surface area (Å²) < 4.78 is 27.5. The molecule has 0 amide bonds. The molecule has 0 aliphatic heterocycles. The number of hydrogen-bond donors (Lipinski definition) is 0. The molecule has 168 valence electrons. The highest BCUT2D eigenvalue weighted by Gasteiger charge is 2.15. The van der Waals surface area contributed by atoms with Crippen LogP contribution in [0.25, 0.3) is 0 Å². The Morgan fingerprint density at radius 3 is 1.94 bits per heavy atom. The molecule has 0 bridgehead atoms. The Morgan fingerprint density at radius 2 is 1.34 bits per heavy atom. The Balaban J connectivity index is 1.69. The molecule has 3 aromatic carbocycles. The number of aryl methyl sites for hydroxylation is 1. The monoisotopic (exact) mass is 436 g/mol. The molecule has 0 aromatic heterocycles. The molecule has 0 saturated carbocycles. The van der Waals surface area contributed by atoms with Crippen LogP contribution in [0.5, 0.6) is 28.7 Å². The second-order valence-electron chi connectivity index (χ2n) is 7.10. The van der Waals surface area contributed by atoms with E-state index in [9.17, 15) is 4.79 Å². The smallest absolute Gasteiger partial charge is 0.203 e. The quantitative estimate of drug-likeness (QED) is 0.389. The van der Waals surface area contributed by atoms with Crippen molar-refractivity contribution in [2.75, 3.05) is 28.4 Å². The maximum absolute atomic E-state index is 12.8. The molecule has 0 aliphatic carbocycles. The molecule has 32 heavy (non-hydrogen) atoms. The van der Waals surface area contributed by atoms with Gasteiger partial charge in [-0.15, -0.1) is 0 Å². The number of methoxy groups -OCH3 is 4. The lowest BCUT2D eigenvalue weighted by molar-refractivity contribution is 0.0982. The summed E-state index contributed by atoms with van der Waals surface area (Å²) in [4.78, 5) is 12.8. The molecule has 6 heteroatoms. The summed E-state index contributed by atoms with van der Waals surface area (Å²) in [5, 5.41) is 0. The average Bonchev–Trinajstić information content (AvgIpc) is 2.85. The molecule has 0 atom stereocenters. The average molecular weight is 437 g/mol. The molecular formula is C26H28O6. The molecule has 0 unspecified atom stereocenters. The van der Waals surface area contributed by atoms with Crippen molar-refractivity contribution in [2.45, 2.75) is 19.4 Å². The first-order valence-corrected chi connectivity index (χ1v) is 10.3. The predicted molar refractivity (Wildman–Crippen MR) is 123 cm³/mol. The third-order valence-corrected chi connectivity index (χ3v) is 5.09. The fraction of sp³-hybridized carbons (Fsp3) is 0.269. The number of ketones is 1. The van der Waals surface area contributed by atoms with Crippen molar-refractivity contribution in [3.05, 3.63) is 77.4 Å². The van der Waals surface area contributed by atoms with Crippen LogP contribution in [0.4, 0.5) is 0 Å². The standard InChI is InChI=1S/C26H28O6/c1-28-23-16-20(11-13-22(23)32-17-18-8-6-5-7-9-18)21(27)12-10-19-14-24(29-2)26(31-4)25(15-19)30-3/h5-9,11,13-16H,10,12,17H2,1-4H3. The minimum Gasteiger partial charge on any atom is -0.493 e. The molecule has 0 radical (unpaired) electrons. The van der Waals surface area contributed by atoms with E-state index in [1.807, 2.05) is 42.5 Å². The summed E-state index contributed by atoms with van der Waals surface area (Å²) in [7, 11) is 6.26. The van der Waals surface area contributed by atoms with Gasteiger partial charge in [0.25, 0.3) is 0 Å². The van der Waals surface area contributed by atoms with Gasteiger partial charge in [-0.25, -0.2) is 0 Å². The van der Waals surface area contributed by atoms with E-state index >= 15 is 0 Å². The topological polar surface area (TPSA) is 63.2 Å². The van der Waals surface area contributed by atoms with E-state index in [0.717, 1.165) is 11.1 Å². The summed E-state index contributed by atoms with van der Waals surface area (Å²) in [5.74, 6) is 2.79. The van der Waals surface area contributed by atoms with Crippen LogP contribution < -0.4 is 23.7 Å². The van der Waals surface area contributed by atoms with E-state index in [4.69, 9.17) is 23.7 Å². The van der Waals surface area contributed by atoms with E-state index in [1.54, 1.807) is 46.6 Å². The number of benzene rings is 3. The van der Waals surface area contributed by atoms with Crippen LogP contribution >= 0.6 is 0 Å². The van der Waals surface area contributed by atoms with E-state index in [-0.39, 0.29) is 5.78 Å². The highest BCUT2D eigenvalue weighted by Crippen LogP contribution is 2.38. The predicted octanol–water partition coefficient (Wildman–Crippen LogP) is 5.12. The van der Waals surface area contributed by atoms with Gasteiger partial charge in [-0.1, -0.05) is 30.3 Å².